The maximum Gasteiger partial charge on any atom is 0.257 e. The summed E-state index contributed by atoms with van der Waals surface area (Å²) in [6.45, 7) is 2.54. The van der Waals surface area contributed by atoms with Crippen LogP contribution in [0.25, 0.3) is 5.82 Å². The molecule has 2 heterocycles. The monoisotopic (exact) mass is 400 g/mol. The molecule has 7 heteroatoms. The first-order valence-electron chi connectivity index (χ1n) is 9.48. The van der Waals surface area contributed by atoms with Crippen LogP contribution in [-0.4, -0.2) is 27.0 Å². The molecule has 0 unspecified atom stereocenters. The molecule has 2 aromatic carbocycles. The van der Waals surface area contributed by atoms with Crippen LogP contribution in [0.5, 0.6) is 17.2 Å². The van der Waals surface area contributed by atoms with Gasteiger partial charge in [-0.15, -0.1) is 0 Å². The first-order chi connectivity index (χ1) is 14.7. The number of benzene rings is 2. The van der Waals surface area contributed by atoms with Crippen molar-refractivity contribution in [3.63, 3.8) is 0 Å². The predicted molar refractivity (Wildman–Crippen MR) is 113 cm³/mol. The number of imidazole rings is 1. The summed E-state index contributed by atoms with van der Waals surface area (Å²) < 4.78 is 13.2. The zero-order chi connectivity index (χ0) is 20.8. The van der Waals surface area contributed by atoms with Gasteiger partial charge in [0, 0.05) is 18.6 Å². The van der Waals surface area contributed by atoms with E-state index in [-0.39, 0.29) is 5.91 Å². The van der Waals surface area contributed by atoms with Crippen LogP contribution < -0.4 is 14.8 Å². The molecule has 30 heavy (non-hydrogen) atoms. The van der Waals surface area contributed by atoms with Crippen molar-refractivity contribution < 1.29 is 14.3 Å². The number of ether oxygens (including phenoxy) is 2. The summed E-state index contributed by atoms with van der Waals surface area (Å²) in [7, 11) is 0. The summed E-state index contributed by atoms with van der Waals surface area (Å²) in [5.41, 5.74) is 1.00. The third-order valence-electron chi connectivity index (χ3n) is 4.28. The Hall–Kier alpha value is -4.13. The van der Waals surface area contributed by atoms with Crippen LogP contribution in [-0.2, 0) is 0 Å². The lowest BCUT2D eigenvalue weighted by molar-refractivity contribution is 0.102. The molecular weight excluding hydrogens is 380 g/mol. The molecule has 0 radical (unpaired) electrons. The van der Waals surface area contributed by atoms with Gasteiger partial charge in [-0.05, 0) is 55.5 Å². The normalized spacial score (nSPS) is 10.4. The standard InChI is InChI=1S/C23H20N4O3/c1-2-29-18-8-10-19(11-9-18)30-21-6-4-3-5-20(21)26-23(28)17-7-12-22(25-15-17)27-14-13-24-16-27/h3-16H,2H2,1H3,(H,26,28). The number of carbonyl (C=O) groups is 1. The topological polar surface area (TPSA) is 78.3 Å². The Labute approximate surface area is 173 Å². The van der Waals surface area contributed by atoms with Gasteiger partial charge >= 0.3 is 0 Å². The van der Waals surface area contributed by atoms with E-state index in [1.54, 1.807) is 47.6 Å². The van der Waals surface area contributed by atoms with E-state index in [9.17, 15) is 4.79 Å². The number of hydrogen-bond acceptors (Lipinski definition) is 5. The number of hydrogen-bond donors (Lipinski definition) is 1. The van der Waals surface area contributed by atoms with E-state index in [1.807, 2.05) is 43.3 Å². The van der Waals surface area contributed by atoms with Gasteiger partial charge < -0.3 is 14.8 Å². The van der Waals surface area contributed by atoms with Crippen molar-refractivity contribution in [3.8, 4) is 23.1 Å². The van der Waals surface area contributed by atoms with Crippen molar-refractivity contribution >= 4 is 11.6 Å². The number of nitrogens with zero attached hydrogens (tertiary/aromatic N) is 3. The number of anilines is 1. The third-order valence-corrected chi connectivity index (χ3v) is 4.28. The SMILES string of the molecule is CCOc1ccc(Oc2ccccc2NC(=O)c2ccc(-n3ccnc3)nc2)cc1. The number of rotatable bonds is 7. The number of para-hydroxylation sites is 2. The number of carbonyl (C=O) groups excluding carboxylic acids is 1. The first kappa shape index (κ1) is 19.2. The Bertz CT molecular complexity index is 1110. The van der Waals surface area contributed by atoms with E-state index in [2.05, 4.69) is 15.3 Å². The van der Waals surface area contributed by atoms with Gasteiger partial charge in [0.2, 0.25) is 0 Å². The lowest BCUT2D eigenvalue weighted by atomic mass is 10.2. The summed E-state index contributed by atoms with van der Waals surface area (Å²) in [4.78, 5) is 21.0. The van der Waals surface area contributed by atoms with Crippen molar-refractivity contribution in [1.29, 1.82) is 0 Å². The molecule has 4 rings (SSSR count). The lowest BCUT2D eigenvalue weighted by Gasteiger charge is -2.13. The summed E-state index contributed by atoms with van der Waals surface area (Å²) >= 11 is 0. The molecular formula is C23H20N4O3. The summed E-state index contributed by atoms with van der Waals surface area (Å²) in [5.74, 6) is 2.37. The van der Waals surface area contributed by atoms with Crippen LogP contribution in [0, 0.1) is 0 Å². The van der Waals surface area contributed by atoms with E-state index in [0.29, 0.717) is 35.2 Å². The maximum atomic E-state index is 12.7. The van der Waals surface area contributed by atoms with Crippen molar-refractivity contribution in [2.24, 2.45) is 0 Å². The largest absolute Gasteiger partial charge is 0.494 e. The molecule has 0 saturated heterocycles. The number of nitrogens with one attached hydrogen (secondary N) is 1. The zero-order valence-corrected chi connectivity index (χ0v) is 16.4. The van der Waals surface area contributed by atoms with Crippen LogP contribution in [0.3, 0.4) is 0 Å². The number of pyridine rings is 1. The van der Waals surface area contributed by atoms with Crippen molar-refractivity contribution in [1.82, 2.24) is 14.5 Å². The van der Waals surface area contributed by atoms with Gasteiger partial charge in [0.1, 0.15) is 23.6 Å². The Morgan fingerprint density at radius 3 is 2.53 bits per heavy atom. The van der Waals surface area contributed by atoms with Gasteiger partial charge in [-0.25, -0.2) is 9.97 Å². The van der Waals surface area contributed by atoms with Gasteiger partial charge in [-0.3, -0.25) is 9.36 Å². The molecule has 0 aliphatic carbocycles. The fraction of sp³-hybridized carbons (Fsp3) is 0.0870. The zero-order valence-electron chi connectivity index (χ0n) is 16.4. The van der Waals surface area contributed by atoms with Crippen LogP contribution in [0.1, 0.15) is 17.3 Å². The third kappa shape index (κ3) is 4.47. The Morgan fingerprint density at radius 1 is 1.03 bits per heavy atom. The highest BCUT2D eigenvalue weighted by atomic mass is 16.5. The Kier molecular flexibility index (Phi) is 5.70. The van der Waals surface area contributed by atoms with Crippen LogP contribution in [0.4, 0.5) is 5.69 Å². The molecule has 150 valence electrons. The smallest absolute Gasteiger partial charge is 0.257 e. The van der Waals surface area contributed by atoms with Gasteiger partial charge in [0.25, 0.3) is 5.91 Å². The molecule has 0 atom stereocenters. The highest BCUT2D eigenvalue weighted by Crippen LogP contribution is 2.30. The minimum Gasteiger partial charge on any atom is -0.494 e. The summed E-state index contributed by atoms with van der Waals surface area (Å²) in [5, 5.41) is 2.89. The summed E-state index contributed by atoms with van der Waals surface area (Å²) in [6.07, 6.45) is 6.64. The van der Waals surface area contributed by atoms with Crippen LogP contribution in [0.15, 0.2) is 85.6 Å². The molecule has 2 aromatic heterocycles. The predicted octanol–water partition coefficient (Wildman–Crippen LogP) is 4.71. The molecule has 1 amide bonds. The first-order valence-corrected chi connectivity index (χ1v) is 9.48. The van der Waals surface area contributed by atoms with E-state index >= 15 is 0 Å². The van der Waals surface area contributed by atoms with Crippen LogP contribution >= 0.6 is 0 Å². The van der Waals surface area contributed by atoms with E-state index in [4.69, 9.17) is 9.47 Å². The second-order valence-electron chi connectivity index (χ2n) is 6.33. The minimum atomic E-state index is -0.276. The minimum absolute atomic E-state index is 0.276. The highest BCUT2D eigenvalue weighted by Gasteiger charge is 2.11. The van der Waals surface area contributed by atoms with Crippen LogP contribution in [0.2, 0.25) is 0 Å². The molecule has 0 aliphatic heterocycles. The molecule has 0 bridgehead atoms. The maximum absolute atomic E-state index is 12.7. The second kappa shape index (κ2) is 8.91. The molecule has 0 spiro atoms. The highest BCUT2D eigenvalue weighted by molar-refractivity contribution is 6.04. The molecule has 0 fully saturated rings. The molecule has 0 saturated carbocycles. The second-order valence-corrected chi connectivity index (χ2v) is 6.33. The fourth-order valence-corrected chi connectivity index (χ4v) is 2.82. The van der Waals surface area contributed by atoms with E-state index in [0.717, 1.165) is 5.75 Å². The van der Waals surface area contributed by atoms with Gasteiger partial charge in [0.05, 0.1) is 17.9 Å². The van der Waals surface area contributed by atoms with E-state index < -0.39 is 0 Å². The average Bonchev–Trinajstić information content (AvgIpc) is 3.32. The van der Waals surface area contributed by atoms with Crippen molar-refractivity contribution in [2.75, 3.05) is 11.9 Å². The molecule has 4 aromatic rings. The molecule has 0 aliphatic rings. The van der Waals surface area contributed by atoms with Crippen molar-refractivity contribution in [2.45, 2.75) is 6.92 Å². The lowest BCUT2D eigenvalue weighted by Crippen LogP contribution is -2.13. The molecule has 7 nitrogen and oxygen atoms in total. The van der Waals surface area contributed by atoms with Crippen molar-refractivity contribution in [3.05, 3.63) is 91.1 Å². The Morgan fingerprint density at radius 2 is 1.83 bits per heavy atom. The molecule has 1 N–H and O–H groups in total. The average molecular weight is 400 g/mol. The number of aromatic nitrogens is 3. The quantitative estimate of drug-likeness (QED) is 0.486. The van der Waals surface area contributed by atoms with Gasteiger partial charge in [-0.1, -0.05) is 12.1 Å². The van der Waals surface area contributed by atoms with Gasteiger partial charge in [0.15, 0.2) is 5.75 Å². The van der Waals surface area contributed by atoms with E-state index in [1.165, 1.54) is 6.20 Å². The fourth-order valence-electron chi connectivity index (χ4n) is 2.82. The summed E-state index contributed by atoms with van der Waals surface area (Å²) in [6, 6.07) is 18.1. The number of amides is 1. The van der Waals surface area contributed by atoms with Gasteiger partial charge in [-0.2, -0.15) is 0 Å². The Balaban J connectivity index is 1.47.